The molecule has 1 aliphatic rings. The molecule has 6 heteroatoms. The third-order valence-electron chi connectivity index (χ3n) is 4.63. The lowest BCUT2D eigenvalue weighted by molar-refractivity contribution is 0.126. The average Bonchev–Trinajstić information content (AvgIpc) is 2.71. The lowest BCUT2D eigenvalue weighted by Crippen LogP contribution is -2.28. The van der Waals surface area contributed by atoms with Crippen LogP contribution in [0.1, 0.15) is 25.7 Å². The van der Waals surface area contributed by atoms with E-state index in [2.05, 4.69) is 25.3 Å². The Labute approximate surface area is 152 Å². The van der Waals surface area contributed by atoms with E-state index in [0.717, 1.165) is 48.5 Å². The molecule has 0 aliphatic heterocycles. The van der Waals surface area contributed by atoms with Crippen LogP contribution in [-0.4, -0.2) is 37.2 Å². The Hall–Kier alpha value is -2.86. The molecule has 0 spiro atoms. The number of aromatic nitrogens is 4. The van der Waals surface area contributed by atoms with E-state index < -0.39 is 0 Å². The van der Waals surface area contributed by atoms with E-state index in [1.165, 1.54) is 0 Å². The molecular formula is C20H21N5O. The first-order valence-corrected chi connectivity index (χ1v) is 8.93. The van der Waals surface area contributed by atoms with Gasteiger partial charge >= 0.3 is 0 Å². The summed E-state index contributed by atoms with van der Waals surface area (Å²) in [6.07, 6.45) is 8.64. The van der Waals surface area contributed by atoms with Crippen molar-refractivity contribution in [3.63, 3.8) is 0 Å². The maximum Gasteiger partial charge on any atom is 0.180 e. The average molecular weight is 347 g/mol. The number of pyridine rings is 2. The molecule has 1 fully saturated rings. The van der Waals surface area contributed by atoms with Crippen LogP contribution in [0.15, 0.2) is 55.0 Å². The number of aliphatic hydroxyl groups excluding tert-OH is 1. The molecule has 6 nitrogen and oxygen atoms in total. The van der Waals surface area contributed by atoms with Gasteiger partial charge < -0.3 is 10.4 Å². The third kappa shape index (κ3) is 3.86. The molecule has 3 aromatic heterocycles. The van der Waals surface area contributed by atoms with Crippen molar-refractivity contribution >= 4 is 5.82 Å². The molecule has 0 unspecified atom stereocenters. The minimum absolute atomic E-state index is 0.173. The van der Waals surface area contributed by atoms with Crippen LogP contribution < -0.4 is 5.32 Å². The first-order valence-electron chi connectivity index (χ1n) is 8.93. The molecule has 0 bridgehead atoms. The van der Waals surface area contributed by atoms with Gasteiger partial charge in [0.25, 0.3) is 0 Å². The summed E-state index contributed by atoms with van der Waals surface area (Å²) in [5, 5.41) is 13.2. The second kappa shape index (κ2) is 7.58. The topological polar surface area (TPSA) is 83.8 Å². The number of nitrogens with one attached hydrogen (secondary N) is 1. The van der Waals surface area contributed by atoms with Crippen LogP contribution in [0.3, 0.4) is 0 Å². The number of aliphatic hydroxyl groups is 1. The van der Waals surface area contributed by atoms with Gasteiger partial charge in [-0.2, -0.15) is 0 Å². The van der Waals surface area contributed by atoms with Crippen LogP contribution in [0.5, 0.6) is 0 Å². The highest BCUT2D eigenvalue weighted by Crippen LogP contribution is 2.26. The summed E-state index contributed by atoms with van der Waals surface area (Å²) in [6.45, 7) is 0. The van der Waals surface area contributed by atoms with E-state index >= 15 is 0 Å². The SMILES string of the molecule is OC1CCC(Nc2cc(-c3cccnc3)nc(-c3ccccn3)n2)CC1. The molecule has 132 valence electrons. The first-order chi connectivity index (χ1) is 12.8. The molecule has 1 aliphatic carbocycles. The molecular weight excluding hydrogens is 326 g/mol. The second-order valence-corrected chi connectivity index (χ2v) is 6.57. The summed E-state index contributed by atoms with van der Waals surface area (Å²) in [6, 6.07) is 11.9. The van der Waals surface area contributed by atoms with E-state index in [9.17, 15) is 5.11 Å². The summed E-state index contributed by atoms with van der Waals surface area (Å²) in [5.74, 6) is 1.37. The van der Waals surface area contributed by atoms with Crippen LogP contribution in [0, 0.1) is 0 Å². The zero-order valence-electron chi connectivity index (χ0n) is 14.4. The predicted octanol–water partition coefficient (Wildman–Crippen LogP) is 3.32. The van der Waals surface area contributed by atoms with Crippen molar-refractivity contribution in [2.75, 3.05) is 5.32 Å². The number of hydrogen-bond acceptors (Lipinski definition) is 6. The van der Waals surface area contributed by atoms with Crippen LogP contribution in [0.4, 0.5) is 5.82 Å². The van der Waals surface area contributed by atoms with E-state index in [-0.39, 0.29) is 6.10 Å². The van der Waals surface area contributed by atoms with Crippen LogP contribution in [-0.2, 0) is 0 Å². The fraction of sp³-hybridized carbons (Fsp3) is 0.300. The molecule has 1 saturated carbocycles. The summed E-state index contributed by atoms with van der Waals surface area (Å²) in [5.41, 5.74) is 2.49. The molecule has 0 saturated heterocycles. The van der Waals surface area contributed by atoms with Gasteiger partial charge in [0.15, 0.2) is 5.82 Å². The minimum atomic E-state index is -0.173. The lowest BCUT2D eigenvalue weighted by atomic mass is 9.93. The molecule has 4 rings (SSSR count). The Balaban J connectivity index is 1.68. The molecule has 3 aromatic rings. The van der Waals surface area contributed by atoms with Crippen molar-refractivity contribution in [1.29, 1.82) is 0 Å². The van der Waals surface area contributed by atoms with Crippen molar-refractivity contribution in [2.45, 2.75) is 37.8 Å². The highest BCUT2D eigenvalue weighted by molar-refractivity contribution is 5.65. The molecule has 0 radical (unpaired) electrons. The maximum absolute atomic E-state index is 9.71. The van der Waals surface area contributed by atoms with Crippen LogP contribution >= 0.6 is 0 Å². The zero-order chi connectivity index (χ0) is 17.8. The van der Waals surface area contributed by atoms with Gasteiger partial charge in [0.1, 0.15) is 11.5 Å². The molecule has 0 atom stereocenters. The van der Waals surface area contributed by atoms with Crippen LogP contribution in [0.25, 0.3) is 22.8 Å². The smallest absolute Gasteiger partial charge is 0.180 e. The van der Waals surface area contributed by atoms with Gasteiger partial charge in [-0.1, -0.05) is 6.07 Å². The van der Waals surface area contributed by atoms with Gasteiger partial charge in [0.05, 0.1) is 11.8 Å². The molecule has 0 aromatic carbocycles. The fourth-order valence-electron chi connectivity index (χ4n) is 3.22. The third-order valence-corrected chi connectivity index (χ3v) is 4.63. The monoisotopic (exact) mass is 347 g/mol. The summed E-state index contributed by atoms with van der Waals surface area (Å²) >= 11 is 0. The number of nitrogens with zero attached hydrogens (tertiary/aromatic N) is 4. The highest BCUT2D eigenvalue weighted by Gasteiger charge is 2.20. The quantitative estimate of drug-likeness (QED) is 0.753. The number of anilines is 1. The van der Waals surface area contributed by atoms with Crippen LogP contribution in [0.2, 0.25) is 0 Å². The maximum atomic E-state index is 9.71. The van der Waals surface area contributed by atoms with E-state index in [1.54, 1.807) is 18.6 Å². The largest absolute Gasteiger partial charge is 0.393 e. The van der Waals surface area contributed by atoms with Gasteiger partial charge in [-0.25, -0.2) is 9.97 Å². The van der Waals surface area contributed by atoms with Crippen molar-refractivity contribution in [2.24, 2.45) is 0 Å². The first kappa shape index (κ1) is 16.6. The Morgan fingerprint density at radius 3 is 2.54 bits per heavy atom. The molecule has 26 heavy (non-hydrogen) atoms. The number of rotatable bonds is 4. The van der Waals surface area contributed by atoms with Crippen molar-refractivity contribution in [3.8, 4) is 22.8 Å². The minimum Gasteiger partial charge on any atom is -0.393 e. The Morgan fingerprint density at radius 1 is 0.923 bits per heavy atom. The standard InChI is InChI=1S/C20H21N5O/c26-16-8-6-15(7-9-16)23-19-12-18(14-4-3-10-21-13-14)24-20(25-19)17-5-1-2-11-22-17/h1-5,10-13,15-16,26H,6-9H2,(H,23,24,25). The van der Waals surface area contributed by atoms with Gasteiger partial charge in [-0.15, -0.1) is 0 Å². The van der Waals surface area contributed by atoms with Crippen molar-refractivity contribution in [3.05, 3.63) is 55.0 Å². The van der Waals surface area contributed by atoms with E-state index in [4.69, 9.17) is 0 Å². The normalized spacial score (nSPS) is 19.9. The van der Waals surface area contributed by atoms with Crippen molar-refractivity contribution in [1.82, 2.24) is 19.9 Å². The summed E-state index contributed by atoms with van der Waals surface area (Å²) in [4.78, 5) is 17.9. The Bertz CT molecular complexity index is 791. The molecule has 2 N–H and O–H groups in total. The fourth-order valence-corrected chi connectivity index (χ4v) is 3.22. The number of hydrogen-bond donors (Lipinski definition) is 2. The second-order valence-electron chi connectivity index (χ2n) is 6.57. The summed E-state index contributed by atoms with van der Waals surface area (Å²) in [7, 11) is 0. The van der Waals surface area contributed by atoms with Gasteiger partial charge in [-0.3, -0.25) is 9.97 Å². The van der Waals surface area contributed by atoms with E-state index in [0.29, 0.717) is 11.9 Å². The molecule has 3 heterocycles. The Morgan fingerprint density at radius 2 is 1.81 bits per heavy atom. The van der Waals surface area contributed by atoms with Gasteiger partial charge in [0.2, 0.25) is 0 Å². The van der Waals surface area contributed by atoms with Gasteiger partial charge in [-0.05, 0) is 49.9 Å². The van der Waals surface area contributed by atoms with E-state index in [1.807, 2.05) is 36.4 Å². The predicted molar refractivity (Wildman–Crippen MR) is 100 cm³/mol. The molecule has 0 amide bonds. The zero-order valence-corrected chi connectivity index (χ0v) is 14.4. The Kier molecular flexibility index (Phi) is 4.84. The lowest BCUT2D eigenvalue weighted by Gasteiger charge is -2.26. The highest BCUT2D eigenvalue weighted by atomic mass is 16.3. The van der Waals surface area contributed by atoms with Crippen molar-refractivity contribution < 1.29 is 5.11 Å². The summed E-state index contributed by atoms with van der Waals surface area (Å²) < 4.78 is 0. The van der Waals surface area contributed by atoms with Gasteiger partial charge in [0, 0.05) is 36.3 Å².